The molecule has 1 saturated heterocycles. The van der Waals surface area contributed by atoms with Gasteiger partial charge < -0.3 is 15.0 Å². The Morgan fingerprint density at radius 2 is 2.10 bits per heavy atom. The second kappa shape index (κ2) is 7.39. The SMILES string of the molecule is CC(CNCC1OCCc2ccccc21)CN1CCCC1. The maximum Gasteiger partial charge on any atom is 0.0952 e. The minimum Gasteiger partial charge on any atom is -0.372 e. The molecule has 1 N–H and O–H groups in total. The minimum absolute atomic E-state index is 0.230. The molecule has 0 spiro atoms. The molecule has 0 saturated carbocycles. The Morgan fingerprint density at radius 3 is 2.95 bits per heavy atom. The summed E-state index contributed by atoms with van der Waals surface area (Å²) in [7, 11) is 0. The van der Waals surface area contributed by atoms with Crippen molar-refractivity contribution in [2.24, 2.45) is 5.92 Å². The summed E-state index contributed by atoms with van der Waals surface area (Å²) in [4.78, 5) is 2.60. The van der Waals surface area contributed by atoms with E-state index >= 15 is 0 Å². The predicted molar refractivity (Wildman–Crippen MR) is 86.5 cm³/mol. The fourth-order valence-corrected chi connectivity index (χ4v) is 3.58. The number of hydrogen-bond donors (Lipinski definition) is 1. The third-order valence-corrected chi connectivity index (χ3v) is 4.68. The number of benzene rings is 1. The number of likely N-dealkylation sites (tertiary alicyclic amines) is 1. The molecule has 1 fully saturated rings. The van der Waals surface area contributed by atoms with Gasteiger partial charge in [0.1, 0.15) is 0 Å². The van der Waals surface area contributed by atoms with Gasteiger partial charge in [0.25, 0.3) is 0 Å². The van der Waals surface area contributed by atoms with Crippen LogP contribution in [0, 0.1) is 5.92 Å². The van der Waals surface area contributed by atoms with Crippen LogP contribution < -0.4 is 5.32 Å². The monoisotopic (exact) mass is 288 g/mol. The molecule has 21 heavy (non-hydrogen) atoms. The van der Waals surface area contributed by atoms with Crippen molar-refractivity contribution in [3.05, 3.63) is 35.4 Å². The van der Waals surface area contributed by atoms with E-state index in [1.807, 2.05) is 0 Å². The van der Waals surface area contributed by atoms with Crippen LogP contribution in [0.3, 0.4) is 0 Å². The number of rotatable bonds is 6. The highest BCUT2D eigenvalue weighted by molar-refractivity contribution is 5.31. The highest BCUT2D eigenvalue weighted by atomic mass is 16.5. The van der Waals surface area contributed by atoms with Gasteiger partial charge in [-0.15, -0.1) is 0 Å². The van der Waals surface area contributed by atoms with Crippen molar-refractivity contribution < 1.29 is 4.74 Å². The minimum atomic E-state index is 0.230. The molecule has 0 aliphatic carbocycles. The van der Waals surface area contributed by atoms with Gasteiger partial charge in [0.2, 0.25) is 0 Å². The Hall–Kier alpha value is -0.900. The lowest BCUT2D eigenvalue weighted by Crippen LogP contribution is -2.34. The standard InChI is InChI=1S/C18H28N2O/c1-15(14-20-9-4-5-10-20)12-19-13-18-17-7-3-2-6-16(17)8-11-21-18/h2-3,6-7,15,18-19H,4-5,8-14H2,1H3. The first kappa shape index (κ1) is 15.0. The van der Waals surface area contributed by atoms with Crippen LogP contribution in [-0.4, -0.2) is 44.2 Å². The maximum absolute atomic E-state index is 5.95. The molecule has 0 radical (unpaired) electrons. The molecule has 0 aromatic heterocycles. The number of ether oxygens (including phenoxy) is 1. The Balaban J connectivity index is 1.43. The topological polar surface area (TPSA) is 24.5 Å². The molecule has 3 nitrogen and oxygen atoms in total. The van der Waals surface area contributed by atoms with Crippen molar-refractivity contribution in [2.75, 3.05) is 39.3 Å². The second-order valence-electron chi connectivity index (χ2n) is 6.58. The molecule has 2 atom stereocenters. The Kier molecular flexibility index (Phi) is 5.28. The van der Waals surface area contributed by atoms with Gasteiger partial charge in [-0.25, -0.2) is 0 Å². The number of nitrogens with one attached hydrogen (secondary N) is 1. The summed E-state index contributed by atoms with van der Waals surface area (Å²) in [5, 5.41) is 3.62. The van der Waals surface area contributed by atoms with Crippen LogP contribution in [0.15, 0.2) is 24.3 Å². The Bertz CT molecular complexity index is 443. The lowest BCUT2D eigenvalue weighted by Gasteiger charge is -2.27. The van der Waals surface area contributed by atoms with E-state index in [4.69, 9.17) is 4.74 Å². The normalized spacial score (nSPS) is 24.0. The number of hydrogen-bond acceptors (Lipinski definition) is 3. The third-order valence-electron chi connectivity index (χ3n) is 4.68. The molecular weight excluding hydrogens is 260 g/mol. The van der Waals surface area contributed by atoms with Crippen LogP contribution in [0.25, 0.3) is 0 Å². The van der Waals surface area contributed by atoms with Crippen LogP contribution in [0.1, 0.15) is 37.0 Å². The van der Waals surface area contributed by atoms with Gasteiger partial charge >= 0.3 is 0 Å². The fraction of sp³-hybridized carbons (Fsp3) is 0.667. The third kappa shape index (κ3) is 4.06. The molecule has 0 bridgehead atoms. The van der Waals surface area contributed by atoms with Crippen molar-refractivity contribution in [3.8, 4) is 0 Å². The van der Waals surface area contributed by atoms with E-state index in [9.17, 15) is 0 Å². The van der Waals surface area contributed by atoms with E-state index < -0.39 is 0 Å². The van der Waals surface area contributed by atoms with Gasteiger partial charge in [-0.05, 0) is 55.9 Å². The molecule has 2 aliphatic heterocycles. The van der Waals surface area contributed by atoms with Crippen LogP contribution in [0.4, 0.5) is 0 Å². The predicted octanol–water partition coefficient (Wildman–Crippen LogP) is 2.62. The number of fused-ring (bicyclic) bond motifs is 1. The lowest BCUT2D eigenvalue weighted by molar-refractivity contribution is 0.0419. The van der Waals surface area contributed by atoms with Gasteiger partial charge in [-0.3, -0.25) is 0 Å². The summed E-state index contributed by atoms with van der Waals surface area (Å²) in [6, 6.07) is 8.71. The van der Waals surface area contributed by atoms with Crippen molar-refractivity contribution in [1.82, 2.24) is 10.2 Å². The molecule has 1 aromatic carbocycles. The Labute approximate surface area is 128 Å². The molecule has 116 valence electrons. The van der Waals surface area contributed by atoms with E-state index in [2.05, 4.69) is 41.4 Å². The molecule has 2 aliphatic rings. The highest BCUT2D eigenvalue weighted by Gasteiger charge is 2.20. The van der Waals surface area contributed by atoms with Crippen LogP contribution in [-0.2, 0) is 11.2 Å². The molecule has 0 amide bonds. The maximum atomic E-state index is 5.95. The molecule has 2 heterocycles. The molecule has 3 rings (SSSR count). The van der Waals surface area contributed by atoms with Crippen molar-refractivity contribution >= 4 is 0 Å². The summed E-state index contributed by atoms with van der Waals surface area (Å²) < 4.78 is 5.95. The summed E-state index contributed by atoms with van der Waals surface area (Å²) in [5.41, 5.74) is 2.84. The van der Waals surface area contributed by atoms with Gasteiger partial charge in [0.15, 0.2) is 0 Å². The second-order valence-corrected chi connectivity index (χ2v) is 6.58. The lowest BCUT2D eigenvalue weighted by atomic mass is 9.97. The first-order chi connectivity index (χ1) is 10.3. The van der Waals surface area contributed by atoms with Crippen LogP contribution in [0.5, 0.6) is 0 Å². The molecule has 1 aromatic rings. The summed E-state index contributed by atoms with van der Waals surface area (Å²) >= 11 is 0. The highest BCUT2D eigenvalue weighted by Crippen LogP contribution is 2.26. The van der Waals surface area contributed by atoms with E-state index in [1.54, 1.807) is 0 Å². The van der Waals surface area contributed by atoms with Crippen LogP contribution in [0.2, 0.25) is 0 Å². The zero-order chi connectivity index (χ0) is 14.5. The first-order valence-corrected chi connectivity index (χ1v) is 8.45. The zero-order valence-electron chi connectivity index (χ0n) is 13.2. The average Bonchev–Trinajstić information content (AvgIpc) is 3.00. The Morgan fingerprint density at radius 1 is 1.29 bits per heavy atom. The van der Waals surface area contributed by atoms with Gasteiger partial charge in [0.05, 0.1) is 12.7 Å². The van der Waals surface area contributed by atoms with Crippen molar-refractivity contribution in [3.63, 3.8) is 0 Å². The van der Waals surface area contributed by atoms with Gasteiger partial charge in [-0.1, -0.05) is 31.2 Å². The van der Waals surface area contributed by atoms with Crippen molar-refractivity contribution in [1.29, 1.82) is 0 Å². The van der Waals surface area contributed by atoms with Crippen molar-refractivity contribution in [2.45, 2.75) is 32.3 Å². The number of nitrogens with zero attached hydrogens (tertiary/aromatic N) is 1. The summed E-state index contributed by atoms with van der Waals surface area (Å²) in [6.45, 7) is 9.04. The van der Waals surface area contributed by atoms with E-state index in [0.717, 1.165) is 26.1 Å². The smallest absolute Gasteiger partial charge is 0.0952 e. The van der Waals surface area contributed by atoms with E-state index in [1.165, 1.54) is 43.6 Å². The molecular formula is C18H28N2O. The quantitative estimate of drug-likeness (QED) is 0.871. The molecule has 2 unspecified atom stereocenters. The van der Waals surface area contributed by atoms with Gasteiger partial charge in [-0.2, -0.15) is 0 Å². The van der Waals surface area contributed by atoms with Crippen LogP contribution >= 0.6 is 0 Å². The summed E-state index contributed by atoms with van der Waals surface area (Å²) in [6.07, 6.45) is 4.05. The van der Waals surface area contributed by atoms with E-state index in [0.29, 0.717) is 5.92 Å². The first-order valence-electron chi connectivity index (χ1n) is 8.45. The largest absolute Gasteiger partial charge is 0.372 e. The fourth-order valence-electron chi connectivity index (χ4n) is 3.58. The van der Waals surface area contributed by atoms with Gasteiger partial charge in [0, 0.05) is 13.1 Å². The van der Waals surface area contributed by atoms with E-state index in [-0.39, 0.29) is 6.10 Å². The average molecular weight is 288 g/mol. The zero-order valence-corrected chi connectivity index (χ0v) is 13.2. The molecule has 3 heteroatoms. The summed E-state index contributed by atoms with van der Waals surface area (Å²) in [5.74, 6) is 0.710.